The quantitative estimate of drug-likeness (QED) is 0.0670. The van der Waals surface area contributed by atoms with Crippen LogP contribution in [0.5, 0.6) is 11.5 Å². The molecule has 0 heterocycles. The van der Waals surface area contributed by atoms with Gasteiger partial charge >= 0.3 is 11.9 Å². The molecule has 0 spiro atoms. The summed E-state index contributed by atoms with van der Waals surface area (Å²) in [6.45, 7) is 10.4. The summed E-state index contributed by atoms with van der Waals surface area (Å²) >= 11 is 0. The van der Waals surface area contributed by atoms with Crippen molar-refractivity contribution in [3.8, 4) is 11.5 Å². The van der Waals surface area contributed by atoms with Crippen LogP contribution in [0.4, 0.5) is 11.4 Å². The lowest BCUT2D eigenvalue weighted by Gasteiger charge is -2.19. The van der Waals surface area contributed by atoms with Gasteiger partial charge in [0.1, 0.15) is 11.5 Å². The lowest BCUT2D eigenvalue weighted by atomic mass is 9.97. The van der Waals surface area contributed by atoms with Crippen molar-refractivity contribution in [3.05, 3.63) is 151 Å². The fraction of sp³-hybridized carbons (Fsp3) is 0.0571. The normalized spacial score (nSPS) is 10.5. The Labute approximate surface area is 240 Å². The van der Waals surface area contributed by atoms with Gasteiger partial charge in [-0.05, 0) is 85.2 Å². The van der Waals surface area contributed by atoms with E-state index < -0.39 is 11.9 Å². The summed E-state index contributed by atoms with van der Waals surface area (Å²) in [6, 6.07) is 34.1. The number of benzene rings is 4. The highest BCUT2D eigenvalue weighted by Crippen LogP contribution is 2.28. The topological polar surface area (TPSA) is 68.2 Å². The van der Waals surface area contributed by atoms with Crippen molar-refractivity contribution in [1.29, 1.82) is 0 Å². The lowest BCUT2D eigenvalue weighted by Crippen LogP contribution is -2.09. The van der Waals surface area contributed by atoms with E-state index >= 15 is 0 Å². The van der Waals surface area contributed by atoms with E-state index in [4.69, 9.17) is 14.6 Å². The van der Waals surface area contributed by atoms with Crippen LogP contribution in [0.3, 0.4) is 0 Å². The standard InChI is InChI=1S/C35H30N2O4/c1-25(2)34(38)40-31-19-15-27(16-20-31)33(28-17-21-32(22-18-28)41-35(39)26(3)4)23-24-36-37(29-11-7-5-8-12-29)30-13-9-6-10-14-30/h5-24H,1,3H2,2,4H3. The maximum atomic E-state index is 11.9. The number of allylic oxidation sites excluding steroid dienone is 1. The van der Waals surface area contributed by atoms with Crippen molar-refractivity contribution in [2.45, 2.75) is 13.8 Å². The number of hydrogen-bond acceptors (Lipinski definition) is 6. The predicted molar refractivity (Wildman–Crippen MR) is 164 cm³/mol. The SMILES string of the molecule is C=C(C)C(=O)Oc1ccc(C(=CC=NN(c2ccccc2)c2ccccc2)c2ccc(OC(=O)C(=C)C)cc2)cc1. The summed E-state index contributed by atoms with van der Waals surface area (Å²) in [4.78, 5) is 23.9. The van der Waals surface area contributed by atoms with Gasteiger partial charge in [-0.3, -0.25) is 0 Å². The van der Waals surface area contributed by atoms with Crippen LogP contribution < -0.4 is 14.5 Å². The number of ether oxygens (including phenoxy) is 2. The zero-order valence-corrected chi connectivity index (χ0v) is 23.0. The number of hydrogen-bond donors (Lipinski definition) is 0. The lowest BCUT2D eigenvalue weighted by molar-refractivity contribution is -0.130. The molecule has 0 bridgehead atoms. The monoisotopic (exact) mass is 542 g/mol. The maximum Gasteiger partial charge on any atom is 0.338 e. The van der Waals surface area contributed by atoms with Crippen LogP contribution in [0.2, 0.25) is 0 Å². The maximum absolute atomic E-state index is 11.9. The van der Waals surface area contributed by atoms with Gasteiger partial charge in [-0.2, -0.15) is 5.10 Å². The summed E-state index contributed by atoms with van der Waals surface area (Å²) in [5.74, 6) is -0.141. The molecule has 0 amide bonds. The van der Waals surface area contributed by atoms with E-state index in [0.717, 1.165) is 28.1 Å². The molecule has 0 saturated heterocycles. The van der Waals surface area contributed by atoms with Gasteiger partial charge in [0, 0.05) is 17.4 Å². The summed E-state index contributed by atoms with van der Waals surface area (Å²) in [5.41, 5.74) is 5.05. The summed E-state index contributed by atoms with van der Waals surface area (Å²) < 4.78 is 10.7. The molecule has 4 aromatic carbocycles. The Balaban J connectivity index is 1.70. The zero-order valence-electron chi connectivity index (χ0n) is 23.0. The smallest absolute Gasteiger partial charge is 0.338 e. The molecule has 0 fully saturated rings. The third kappa shape index (κ3) is 7.77. The van der Waals surface area contributed by atoms with Crippen LogP contribution in [-0.4, -0.2) is 18.2 Å². The van der Waals surface area contributed by atoms with Crippen LogP contribution >= 0.6 is 0 Å². The number of carbonyl (C=O) groups is 2. The highest BCUT2D eigenvalue weighted by molar-refractivity contribution is 5.93. The molecule has 4 aromatic rings. The molecule has 0 atom stereocenters. The van der Waals surface area contributed by atoms with Crippen LogP contribution in [0, 0.1) is 0 Å². The summed E-state index contributed by atoms with van der Waals surface area (Å²) in [6.07, 6.45) is 3.64. The molecule has 6 nitrogen and oxygen atoms in total. The van der Waals surface area contributed by atoms with Crippen molar-refractivity contribution in [1.82, 2.24) is 0 Å². The molecule has 0 aromatic heterocycles. The van der Waals surface area contributed by atoms with Gasteiger partial charge in [-0.1, -0.05) is 73.8 Å². The first-order valence-corrected chi connectivity index (χ1v) is 12.9. The number of esters is 2. The van der Waals surface area contributed by atoms with Gasteiger partial charge in [0.05, 0.1) is 11.4 Å². The van der Waals surface area contributed by atoms with Crippen molar-refractivity contribution in [2.75, 3.05) is 5.01 Å². The van der Waals surface area contributed by atoms with Crippen LogP contribution in [0.15, 0.2) is 145 Å². The molecular formula is C35H30N2O4. The van der Waals surface area contributed by atoms with Gasteiger partial charge in [0.25, 0.3) is 0 Å². The third-order valence-corrected chi connectivity index (χ3v) is 5.87. The van der Waals surface area contributed by atoms with Crippen molar-refractivity contribution < 1.29 is 19.1 Å². The fourth-order valence-electron chi connectivity index (χ4n) is 3.75. The van der Waals surface area contributed by atoms with Gasteiger partial charge in [-0.15, -0.1) is 0 Å². The average Bonchev–Trinajstić information content (AvgIpc) is 2.99. The first-order chi connectivity index (χ1) is 19.8. The molecule has 41 heavy (non-hydrogen) atoms. The van der Waals surface area contributed by atoms with Crippen molar-refractivity contribution in [2.24, 2.45) is 5.10 Å². The second-order valence-electron chi connectivity index (χ2n) is 9.22. The molecule has 0 radical (unpaired) electrons. The molecule has 0 saturated carbocycles. The van der Waals surface area contributed by atoms with E-state index in [1.165, 1.54) is 0 Å². The number of hydrazone groups is 1. The number of nitrogens with zero attached hydrogens (tertiary/aromatic N) is 2. The molecule has 0 unspecified atom stereocenters. The first kappa shape index (κ1) is 28.5. The van der Waals surface area contributed by atoms with Gasteiger partial charge < -0.3 is 9.47 Å². The third-order valence-electron chi connectivity index (χ3n) is 5.87. The molecule has 0 aliphatic heterocycles. The zero-order chi connectivity index (χ0) is 29.2. The number of para-hydroxylation sites is 2. The largest absolute Gasteiger partial charge is 0.423 e. The van der Waals surface area contributed by atoms with E-state index in [1.807, 2.05) is 96.0 Å². The van der Waals surface area contributed by atoms with E-state index in [-0.39, 0.29) is 0 Å². The second kappa shape index (κ2) is 13.5. The van der Waals surface area contributed by atoms with Gasteiger partial charge in [-0.25, -0.2) is 14.6 Å². The Morgan fingerprint density at radius 1 is 0.634 bits per heavy atom. The number of anilines is 2. The Bertz CT molecular complexity index is 1480. The Morgan fingerprint density at radius 2 is 1.02 bits per heavy atom. The summed E-state index contributed by atoms with van der Waals surface area (Å²) in [7, 11) is 0. The molecule has 6 heteroatoms. The number of rotatable bonds is 10. The van der Waals surface area contributed by atoms with Crippen LogP contribution in [0.25, 0.3) is 5.57 Å². The minimum absolute atomic E-state index is 0.319. The fourth-order valence-corrected chi connectivity index (χ4v) is 3.75. The Morgan fingerprint density at radius 3 is 1.39 bits per heavy atom. The molecule has 0 N–H and O–H groups in total. The molecule has 0 aliphatic carbocycles. The van der Waals surface area contributed by atoms with Crippen molar-refractivity contribution in [3.63, 3.8) is 0 Å². The molecule has 4 rings (SSSR count). The van der Waals surface area contributed by atoms with Crippen LogP contribution in [0.1, 0.15) is 25.0 Å². The van der Waals surface area contributed by atoms with E-state index in [1.54, 1.807) is 44.3 Å². The summed E-state index contributed by atoms with van der Waals surface area (Å²) in [5, 5.41) is 6.64. The Kier molecular flexibility index (Phi) is 9.41. The highest BCUT2D eigenvalue weighted by atomic mass is 16.5. The van der Waals surface area contributed by atoms with Crippen LogP contribution in [-0.2, 0) is 9.59 Å². The van der Waals surface area contributed by atoms with Crippen molar-refractivity contribution >= 4 is 35.1 Å². The van der Waals surface area contributed by atoms with Gasteiger partial charge in [0.15, 0.2) is 0 Å². The molecular weight excluding hydrogens is 512 g/mol. The first-order valence-electron chi connectivity index (χ1n) is 12.9. The highest BCUT2D eigenvalue weighted by Gasteiger charge is 2.11. The molecule has 0 aliphatic rings. The minimum atomic E-state index is -0.484. The van der Waals surface area contributed by atoms with Gasteiger partial charge in [0.2, 0.25) is 0 Å². The minimum Gasteiger partial charge on any atom is -0.423 e. The predicted octanol–water partition coefficient (Wildman–Crippen LogP) is 7.91. The van der Waals surface area contributed by atoms with E-state index in [0.29, 0.717) is 22.6 Å². The molecule has 204 valence electrons. The average molecular weight is 543 g/mol. The van der Waals surface area contributed by atoms with E-state index in [2.05, 4.69) is 13.2 Å². The second-order valence-corrected chi connectivity index (χ2v) is 9.22. The van der Waals surface area contributed by atoms with E-state index in [9.17, 15) is 9.59 Å². The number of carbonyl (C=O) groups excluding carboxylic acids is 2. The Hall–Kier alpha value is -5.49.